The molecule has 4 rings (SSSR count). The Bertz CT molecular complexity index is 1090. The molecule has 2 aromatic rings. The molecule has 2 aliphatic heterocycles. The summed E-state index contributed by atoms with van der Waals surface area (Å²) in [7, 11) is -1.51. The first-order valence-corrected chi connectivity index (χ1v) is 12.8. The number of rotatable bonds is 4. The Morgan fingerprint density at radius 2 is 2.03 bits per heavy atom. The Hall–Kier alpha value is -1.59. The fourth-order valence-electron chi connectivity index (χ4n) is 3.65. The van der Waals surface area contributed by atoms with Gasteiger partial charge in [0.05, 0.1) is 31.1 Å². The number of methoxy groups -OCH3 is 1. The molecule has 152 valence electrons. The number of hydrogen-bond donors (Lipinski definition) is 0. The lowest BCUT2D eigenvalue weighted by Gasteiger charge is -2.24. The molecule has 2 fully saturated rings. The number of amidine groups is 1. The SMILES string of the molecule is COc1ccccc1CC(=O)N=C1SC2CS(=O)(=O)CC2N1c1cccc(I)c1. The fraction of sp³-hybridized carbons (Fsp3) is 0.300. The van der Waals surface area contributed by atoms with Gasteiger partial charge in [-0.3, -0.25) is 4.79 Å². The maximum absolute atomic E-state index is 12.7. The maximum atomic E-state index is 12.7. The monoisotopic (exact) mass is 542 g/mol. The van der Waals surface area contributed by atoms with Gasteiger partial charge in [-0.15, -0.1) is 0 Å². The summed E-state index contributed by atoms with van der Waals surface area (Å²) in [6, 6.07) is 15.0. The molecular weight excluding hydrogens is 523 g/mol. The highest BCUT2D eigenvalue weighted by Gasteiger charge is 2.49. The van der Waals surface area contributed by atoms with Crippen molar-refractivity contribution in [2.75, 3.05) is 23.5 Å². The van der Waals surface area contributed by atoms with E-state index >= 15 is 0 Å². The van der Waals surface area contributed by atoms with Crippen molar-refractivity contribution in [2.24, 2.45) is 4.99 Å². The van der Waals surface area contributed by atoms with E-state index in [0.717, 1.165) is 14.8 Å². The van der Waals surface area contributed by atoms with Crippen LogP contribution in [0.4, 0.5) is 5.69 Å². The highest BCUT2D eigenvalue weighted by atomic mass is 127. The van der Waals surface area contributed by atoms with Crippen LogP contribution < -0.4 is 9.64 Å². The lowest BCUT2D eigenvalue weighted by Crippen LogP contribution is -2.37. The summed E-state index contributed by atoms with van der Waals surface area (Å²) < 4.78 is 30.7. The van der Waals surface area contributed by atoms with Gasteiger partial charge in [0, 0.05) is 20.1 Å². The van der Waals surface area contributed by atoms with Gasteiger partial charge in [0.15, 0.2) is 15.0 Å². The first-order chi connectivity index (χ1) is 13.9. The van der Waals surface area contributed by atoms with Crippen molar-refractivity contribution in [1.82, 2.24) is 0 Å². The van der Waals surface area contributed by atoms with E-state index in [1.165, 1.54) is 11.8 Å². The van der Waals surface area contributed by atoms with Gasteiger partial charge in [0.25, 0.3) is 5.91 Å². The van der Waals surface area contributed by atoms with Crippen molar-refractivity contribution in [3.05, 3.63) is 57.7 Å². The van der Waals surface area contributed by atoms with Crippen LogP contribution in [-0.4, -0.2) is 49.4 Å². The van der Waals surface area contributed by atoms with Gasteiger partial charge >= 0.3 is 0 Å². The number of fused-ring (bicyclic) bond motifs is 1. The second-order valence-corrected chi connectivity index (χ2v) is 11.5. The highest BCUT2D eigenvalue weighted by molar-refractivity contribution is 14.1. The zero-order valence-corrected chi connectivity index (χ0v) is 19.4. The minimum Gasteiger partial charge on any atom is -0.496 e. The molecule has 2 unspecified atom stereocenters. The summed E-state index contributed by atoms with van der Waals surface area (Å²) in [5.74, 6) is 0.561. The van der Waals surface area contributed by atoms with Gasteiger partial charge in [0.1, 0.15) is 5.75 Å². The molecule has 6 nitrogen and oxygen atoms in total. The number of carbonyl (C=O) groups excluding carboxylic acids is 1. The molecule has 0 radical (unpaired) electrons. The molecule has 2 saturated heterocycles. The van der Waals surface area contributed by atoms with E-state index in [0.29, 0.717) is 10.9 Å². The third kappa shape index (κ3) is 4.46. The molecule has 0 saturated carbocycles. The first kappa shape index (κ1) is 20.7. The molecule has 9 heteroatoms. The molecule has 1 amide bonds. The van der Waals surface area contributed by atoms with Gasteiger partial charge < -0.3 is 9.64 Å². The van der Waals surface area contributed by atoms with E-state index in [1.54, 1.807) is 7.11 Å². The molecule has 0 spiro atoms. The Kier molecular flexibility index (Phi) is 5.90. The van der Waals surface area contributed by atoms with Gasteiger partial charge in [-0.25, -0.2) is 8.42 Å². The molecule has 0 N–H and O–H groups in total. The standard InChI is InChI=1S/C20H19IN2O4S2/c1-27-17-8-3-2-5-13(17)9-19(24)22-20-23(15-7-4-6-14(21)10-15)16-11-29(25,26)12-18(16)28-20/h2-8,10,16,18H,9,11-12H2,1H3. The Morgan fingerprint density at radius 3 is 2.79 bits per heavy atom. The van der Waals surface area contributed by atoms with E-state index in [9.17, 15) is 13.2 Å². The van der Waals surface area contributed by atoms with E-state index in [4.69, 9.17) is 4.74 Å². The number of thioether (sulfide) groups is 1. The Balaban J connectivity index is 1.65. The van der Waals surface area contributed by atoms with Crippen LogP contribution in [0.1, 0.15) is 5.56 Å². The molecule has 0 aromatic heterocycles. The quantitative estimate of drug-likeness (QED) is 0.553. The number of carbonyl (C=O) groups is 1. The fourth-order valence-corrected chi connectivity index (χ4v) is 8.11. The van der Waals surface area contributed by atoms with Crippen LogP contribution in [0.5, 0.6) is 5.75 Å². The number of amides is 1. The van der Waals surface area contributed by atoms with Crippen molar-refractivity contribution >= 4 is 61.0 Å². The average molecular weight is 542 g/mol. The third-order valence-corrected chi connectivity index (χ3v) is 8.79. The van der Waals surface area contributed by atoms with Crippen LogP contribution >= 0.6 is 34.4 Å². The van der Waals surface area contributed by atoms with Crippen LogP contribution in [0.2, 0.25) is 0 Å². The number of nitrogens with zero attached hydrogens (tertiary/aromatic N) is 2. The van der Waals surface area contributed by atoms with Crippen LogP contribution in [0.25, 0.3) is 0 Å². The van der Waals surface area contributed by atoms with Crippen molar-refractivity contribution < 1.29 is 17.9 Å². The number of para-hydroxylation sites is 1. The van der Waals surface area contributed by atoms with Gasteiger partial charge in [-0.2, -0.15) is 4.99 Å². The number of sulfone groups is 1. The summed E-state index contributed by atoms with van der Waals surface area (Å²) in [6.07, 6.45) is 0.127. The number of halogens is 1. The Labute approximate surface area is 187 Å². The third-order valence-electron chi connectivity index (χ3n) is 4.91. The van der Waals surface area contributed by atoms with Gasteiger partial charge in [-0.1, -0.05) is 36.0 Å². The zero-order valence-electron chi connectivity index (χ0n) is 15.6. The second kappa shape index (κ2) is 8.27. The van der Waals surface area contributed by atoms with Gasteiger partial charge in [0.2, 0.25) is 0 Å². The second-order valence-electron chi connectivity index (χ2n) is 6.93. The zero-order chi connectivity index (χ0) is 20.6. The van der Waals surface area contributed by atoms with E-state index in [-0.39, 0.29) is 35.1 Å². The van der Waals surface area contributed by atoms with Crippen molar-refractivity contribution in [3.8, 4) is 5.75 Å². The maximum Gasteiger partial charge on any atom is 0.252 e. The molecule has 2 atom stereocenters. The lowest BCUT2D eigenvalue weighted by atomic mass is 10.1. The summed E-state index contributed by atoms with van der Waals surface area (Å²) in [6.45, 7) is 0. The smallest absolute Gasteiger partial charge is 0.252 e. The average Bonchev–Trinajstić information content (AvgIpc) is 3.12. The molecule has 0 aliphatic carbocycles. The summed E-state index contributed by atoms with van der Waals surface area (Å²) in [5.41, 5.74) is 1.63. The van der Waals surface area contributed by atoms with Gasteiger partial charge in [-0.05, 0) is 46.9 Å². The highest BCUT2D eigenvalue weighted by Crippen LogP contribution is 2.41. The topological polar surface area (TPSA) is 76.0 Å². The predicted molar refractivity (Wildman–Crippen MR) is 125 cm³/mol. The summed E-state index contributed by atoms with van der Waals surface area (Å²) >= 11 is 3.61. The van der Waals surface area contributed by atoms with Crippen molar-refractivity contribution in [2.45, 2.75) is 17.7 Å². The number of ether oxygens (including phenoxy) is 1. The largest absolute Gasteiger partial charge is 0.496 e. The normalized spacial score (nSPS) is 23.9. The van der Waals surface area contributed by atoms with E-state index in [1.807, 2.05) is 53.4 Å². The first-order valence-electron chi connectivity index (χ1n) is 9.01. The van der Waals surface area contributed by atoms with Crippen molar-refractivity contribution in [1.29, 1.82) is 0 Å². The minimum absolute atomic E-state index is 0.0792. The van der Waals surface area contributed by atoms with Crippen LogP contribution in [0.3, 0.4) is 0 Å². The molecule has 0 bridgehead atoms. The number of hydrogen-bond acceptors (Lipinski definition) is 5. The molecular formula is C20H19IN2O4S2. The van der Waals surface area contributed by atoms with E-state index in [2.05, 4.69) is 27.6 Å². The van der Waals surface area contributed by atoms with E-state index < -0.39 is 9.84 Å². The molecule has 2 aromatic carbocycles. The summed E-state index contributed by atoms with van der Waals surface area (Å²) in [5, 5.41) is 0.451. The van der Waals surface area contributed by atoms with Crippen LogP contribution in [-0.2, 0) is 21.1 Å². The van der Waals surface area contributed by atoms with Crippen LogP contribution in [0.15, 0.2) is 53.5 Å². The summed E-state index contributed by atoms with van der Waals surface area (Å²) in [4.78, 5) is 19.0. The number of aliphatic imine (C=N–C) groups is 1. The molecule has 29 heavy (non-hydrogen) atoms. The number of anilines is 1. The lowest BCUT2D eigenvalue weighted by molar-refractivity contribution is -0.117. The molecule has 2 aliphatic rings. The molecule has 2 heterocycles. The minimum atomic E-state index is -3.09. The van der Waals surface area contributed by atoms with Crippen LogP contribution in [0, 0.1) is 3.57 Å². The number of benzene rings is 2. The Morgan fingerprint density at radius 1 is 1.24 bits per heavy atom. The predicted octanol–water partition coefficient (Wildman–Crippen LogP) is 3.14. The van der Waals surface area contributed by atoms with Crippen molar-refractivity contribution in [3.63, 3.8) is 0 Å².